The van der Waals surface area contributed by atoms with Crippen molar-refractivity contribution in [2.75, 3.05) is 68.3 Å². The fraction of sp³-hybridized carbons (Fsp3) is 0.926. The highest BCUT2D eigenvalue weighted by Crippen LogP contribution is 2.63. The number of hydrogen-bond donors (Lipinski definition) is 5. The zero-order chi connectivity index (χ0) is 65.8. The molecule has 6 unspecified atom stereocenters. The lowest BCUT2D eigenvalue weighted by molar-refractivity contribution is -0.208. The smallest absolute Gasteiger partial charge is 0.317 e. The fourth-order valence-electron chi connectivity index (χ4n) is 22.7. The zero-order valence-corrected chi connectivity index (χ0v) is 63.3. The molecule has 0 spiro atoms. The molecule has 20 rings (SSSR count). The maximum atomic E-state index is 11.5. The van der Waals surface area contributed by atoms with Gasteiger partial charge in [-0.1, -0.05) is 79.6 Å². The van der Waals surface area contributed by atoms with E-state index in [1.165, 1.54) is 103 Å². The second kappa shape index (κ2) is 35.5. The molecule has 518 valence electrons. The van der Waals surface area contributed by atoms with Crippen LogP contribution in [0, 0.1) is 99.6 Å². The first-order valence-electron chi connectivity index (χ1n) is 33.7. The number of aliphatic hydroxyl groups is 5. The van der Waals surface area contributed by atoms with E-state index in [0.29, 0.717) is 112 Å². The van der Waals surface area contributed by atoms with Crippen LogP contribution in [0.5, 0.6) is 0 Å². The Bertz CT molecular complexity index is 2190. The van der Waals surface area contributed by atoms with Crippen LogP contribution in [0.15, 0.2) is 0 Å². The first kappa shape index (κ1) is 77.8. The van der Waals surface area contributed by atoms with E-state index in [1.807, 2.05) is 14.2 Å². The van der Waals surface area contributed by atoms with Crippen LogP contribution in [-0.4, -0.2) is 157 Å². The molecule has 20 aliphatic rings. The summed E-state index contributed by atoms with van der Waals surface area (Å²) in [6.45, 7) is 1.15. The van der Waals surface area contributed by atoms with E-state index in [-0.39, 0.29) is 56.6 Å². The second-order valence-electron chi connectivity index (χ2n) is 30.5. The molecule has 0 aromatic rings. The molecule has 15 nitrogen and oxygen atoms in total. The molecule has 0 aromatic heterocycles. The average Bonchev–Trinajstić information content (AvgIpc) is 0.784. The molecular weight excluding hydrogens is 1530 g/mol. The number of esters is 3. The van der Waals surface area contributed by atoms with Crippen molar-refractivity contribution in [3.05, 3.63) is 0 Å². The van der Waals surface area contributed by atoms with Gasteiger partial charge in [-0.15, -0.1) is 0 Å². The molecule has 20 saturated carbocycles. The van der Waals surface area contributed by atoms with Gasteiger partial charge in [0, 0.05) is 64.0 Å². The minimum absolute atomic E-state index is 0.101. The highest BCUT2D eigenvalue weighted by molar-refractivity contribution is 9.10. The number of carbonyl (C=O) groups excluding carboxylic acids is 5. The predicted octanol–water partition coefficient (Wildman–Crippen LogP) is 13.6. The van der Waals surface area contributed by atoms with Crippen LogP contribution in [0.25, 0.3) is 0 Å². The van der Waals surface area contributed by atoms with E-state index in [9.17, 15) is 39.3 Å². The summed E-state index contributed by atoms with van der Waals surface area (Å²) in [5, 5.41) is 45.4. The van der Waals surface area contributed by atoms with Gasteiger partial charge < -0.3 is 49.2 Å². The van der Waals surface area contributed by atoms with Gasteiger partial charge in [-0.25, -0.2) is 0 Å². The van der Waals surface area contributed by atoms with Crippen LogP contribution in [0.3, 0.4) is 0 Å². The van der Waals surface area contributed by atoms with Crippen molar-refractivity contribution >= 4 is 131 Å². The number of halogens is 7. The summed E-state index contributed by atoms with van der Waals surface area (Å²) in [4.78, 5) is 53.8. The highest BCUT2D eigenvalue weighted by atomic mass is 79.9. The maximum absolute atomic E-state index is 11.5. The number of methoxy groups -OCH3 is 2. The Balaban J connectivity index is 0.000000152. The maximum Gasteiger partial charge on any atom is 0.317 e. The molecule has 0 heterocycles. The van der Waals surface area contributed by atoms with Crippen molar-refractivity contribution in [1.82, 2.24) is 0 Å². The van der Waals surface area contributed by atoms with Crippen molar-refractivity contribution in [3.8, 4) is 0 Å². The van der Waals surface area contributed by atoms with E-state index in [1.54, 1.807) is 0 Å². The van der Waals surface area contributed by atoms with Gasteiger partial charge >= 0.3 is 17.9 Å². The monoisotopic (exact) mass is 1630 g/mol. The summed E-state index contributed by atoms with van der Waals surface area (Å²) < 4.78 is 28.0. The Labute approximate surface area is 588 Å². The van der Waals surface area contributed by atoms with Crippen molar-refractivity contribution in [1.29, 1.82) is 0 Å². The molecule has 0 saturated heterocycles. The van der Waals surface area contributed by atoms with Crippen molar-refractivity contribution in [2.24, 2.45) is 99.6 Å². The van der Waals surface area contributed by atoms with Gasteiger partial charge in [0.05, 0.1) is 30.5 Å². The molecular formula is C68H107Br5Cl2O15. The van der Waals surface area contributed by atoms with Crippen molar-refractivity contribution < 1.29 is 73.2 Å². The number of carbonyl (C=O) groups is 5. The summed E-state index contributed by atoms with van der Waals surface area (Å²) in [6.07, 6.45) is 34.7. The van der Waals surface area contributed by atoms with Crippen LogP contribution < -0.4 is 0 Å². The molecule has 0 amide bonds. The molecule has 0 radical (unpaired) electrons. The number of aliphatic hydroxyl groups excluding tert-OH is 4. The van der Waals surface area contributed by atoms with Crippen LogP contribution in [0.1, 0.15) is 186 Å². The van der Waals surface area contributed by atoms with Gasteiger partial charge in [-0.05, 0) is 291 Å². The summed E-state index contributed by atoms with van der Waals surface area (Å²) in [5.41, 5.74) is 0.0732. The lowest BCUT2D eigenvalue weighted by atomic mass is 9.50. The minimum Gasteiger partial charge on any atom is -0.464 e. The number of ether oxygens (including phenoxy) is 5. The lowest BCUT2D eigenvalue weighted by Crippen LogP contribution is -2.58. The Morgan fingerprint density at radius 2 is 0.722 bits per heavy atom. The van der Waals surface area contributed by atoms with Crippen molar-refractivity contribution in [3.63, 3.8) is 0 Å². The molecule has 20 aliphatic carbocycles. The van der Waals surface area contributed by atoms with E-state index in [2.05, 4.69) is 79.6 Å². The first-order valence-corrected chi connectivity index (χ1v) is 40.1. The molecule has 5 N–H and O–H groups in total. The molecule has 6 atom stereocenters. The van der Waals surface area contributed by atoms with Crippen molar-refractivity contribution in [2.45, 2.75) is 221 Å². The Hall–Kier alpha value is 0.450. The fourth-order valence-corrected chi connectivity index (χ4v) is 24.4. The molecule has 0 aromatic carbocycles. The number of rotatable bonds is 14. The van der Waals surface area contributed by atoms with Gasteiger partial charge in [0.15, 0.2) is 0 Å². The largest absolute Gasteiger partial charge is 0.464 e. The third-order valence-corrected chi connectivity index (χ3v) is 26.3. The average molecular weight is 1640 g/mol. The summed E-state index contributed by atoms with van der Waals surface area (Å²) in [5.74, 6) is 10.9. The Morgan fingerprint density at radius 3 is 1.01 bits per heavy atom. The molecule has 0 aliphatic heterocycles. The van der Waals surface area contributed by atoms with Gasteiger partial charge in [0.2, 0.25) is 10.5 Å². The van der Waals surface area contributed by atoms with E-state index in [0.717, 1.165) is 132 Å². The van der Waals surface area contributed by atoms with Gasteiger partial charge in [-0.2, -0.15) is 0 Å². The SMILES string of the molecule is CO.CO.COC1C2CC3CC1CC(O)(C3)C2.COC1C2CC3CC1CC(OC(=O)CBr)(C3)C2.O=C(CBr)OC12CC3CC(C1)C(O)C(C3)C2.O=C(CBr)OCC12CC3CC(CC(C3)C1)C2.O=C(Cl)CCBr.O=C(Cl)CCBr.OCC12CC3CC(CC(C3)C1)C2. The normalized spacial score (nSPS) is 42.8. The molecule has 20 bridgehead atoms. The molecule has 22 heteroatoms. The minimum atomic E-state index is -0.300. The third-order valence-electron chi connectivity index (χ3n) is 23.8. The van der Waals surface area contributed by atoms with E-state index in [4.69, 9.17) is 57.1 Å². The number of alkyl halides is 5. The van der Waals surface area contributed by atoms with Crippen LogP contribution in [0.4, 0.5) is 0 Å². The lowest BCUT2D eigenvalue weighted by Gasteiger charge is -2.58. The number of hydrogen-bond acceptors (Lipinski definition) is 15. The van der Waals surface area contributed by atoms with Gasteiger partial charge in [0.1, 0.15) is 27.2 Å². The first-order chi connectivity index (χ1) is 43.0. The summed E-state index contributed by atoms with van der Waals surface area (Å²) >= 11 is 25.4. The highest BCUT2D eigenvalue weighted by Gasteiger charge is 2.60. The van der Waals surface area contributed by atoms with E-state index < -0.39 is 0 Å². The molecule has 90 heavy (non-hydrogen) atoms. The second-order valence-corrected chi connectivity index (χ2v) is 34.6. The van der Waals surface area contributed by atoms with Crippen LogP contribution in [0.2, 0.25) is 0 Å². The Morgan fingerprint density at radius 1 is 0.422 bits per heavy atom. The third kappa shape index (κ3) is 20.3. The van der Waals surface area contributed by atoms with Gasteiger partial charge in [0.25, 0.3) is 0 Å². The summed E-state index contributed by atoms with van der Waals surface area (Å²) in [6, 6.07) is 0. The summed E-state index contributed by atoms with van der Waals surface area (Å²) in [7, 11) is 5.65. The predicted molar refractivity (Wildman–Crippen MR) is 366 cm³/mol. The quantitative estimate of drug-likeness (QED) is 0.0471. The topological polar surface area (TPSA) is 233 Å². The van der Waals surface area contributed by atoms with Gasteiger partial charge in [-0.3, -0.25) is 24.0 Å². The zero-order valence-electron chi connectivity index (χ0n) is 53.8. The molecule has 20 fully saturated rings. The van der Waals surface area contributed by atoms with Crippen LogP contribution in [-0.2, 0) is 47.7 Å². The standard InChI is InChI=1S/C13H19BrO3.C13H19BrO2.C12H17BrO3.C11H18O2.C11H18O.2C3H4BrClO.2CH4O/c1-16-12-9-2-8-3-10(12)6-13(4-8,5-9)17-11(15)7-14;14-7-12(15)16-8-13-4-9-1-10(5-13)3-11(2-9)6-13;13-6-10(14)16-12-3-7-1-8(4-12)11(15)9(2-7)5-12;1-13-10-8-2-7-3-9(10)6-11(12,4-7)5-8;12-7-11-4-8-1-9(5-11)3-10(2-8)6-11;2*4-2-1-3(5)6;2*1-2/h8-10,12H,2-7H2,1H3;9-11H,1-8H2;7-9,11,15H,1-6H2;7-10,12H,2-6H2,1H3;8-10,12H,1-7H2;2*1-2H2;2*2H,1H3. The van der Waals surface area contributed by atoms with Crippen LogP contribution >= 0.6 is 103 Å². The van der Waals surface area contributed by atoms with E-state index >= 15 is 0 Å². The Kier molecular flexibility index (Phi) is 30.7.